The Morgan fingerprint density at radius 2 is 1.96 bits per heavy atom. The first-order valence-electron chi connectivity index (χ1n) is 7.66. The average molecular weight is 369 g/mol. The predicted molar refractivity (Wildman–Crippen MR) is 91.0 cm³/mol. The second kappa shape index (κ2) is 8.00. The molecule has 0 radical (unpaired) electrons. The molecule has 1 atom stereocenters. The summed E-state index contributed by atoms with van der Waals surface area (Å²) in [6.07, 6.45) is -5.09. The van der Waals surface area contributed by atoms with Gasteiger partial charge in [-0.3, -0.25) is 5.32 Å². The molecule has 0 saturated heterocycles. The molecule has 0 aliphatic rings. The largest absolute Gasteiger partial charge is 0.416 e. The van der Waals surface area contributed by atoms with Crippen LogP contribution in [0.1, 0.15) is 18.2 Å². The van der Waals surface area contributed by atoms with Gasteiger partial charge in [-0.05, 0) is 32.0 Å². The Morgan fingerprint density at radius 3 is 2.62 bits per heavy atom. The summed E-state index contributed by atoms with van der Waals surface area (Å²) < 4.78 is 38.1. The van der Waals surface area contributed by atoms with Gasteiger partial charge in [-0.25, -0.2) is 9.78 Å². The number of nitrogens with zero attached hydrogens (tertiary/aromatic N) is 2. The normalized spacial score (nSPS) is 12.4. The van der Waals surface area contributed by atoms with E-state index in [1.807, 2.05) is 0 Å². The fourth-order valence-electron chi connectivity index (χ4n) is 2.00. The first kappa shape index (κ1) is 19.4. The van der Waals surface area contributed by atoms with E-state index in [9.17, 15) is 23.1 Å². The van der Waals surface area contributed by atoms with Crippen molar-refractivity contribution in [3.63, 3.8) is 0 Å². The molecule has 1 heterocycles. The number of aliphatic hydroxyl groups is 1. The molecule has 0 spiro atoms. The number of amides is 2. The molecule has 7 nitrogen and oxygen atoms in total. The van der Waals surface area contributed by atoms with Crippen molar-refractivity contribution in [1.82, 2.24) is 9.97 Å². The fourth-order valence-corrected chi connectivity index (χ4v) is 2.00. The molecule has 10 heteroatoms. The van der Waals surface area contributed by atoms with Crippen molar-refractivity contribution in [2.45, 2.75) is 26.1 Å². The summed E-state index contributed by atoms with van der Waals surface area (Å²) in [5.74, 6) is 0.371. The lowest BCUT2D eigenvalue weighted by atomic mass is 10.2. The van der Waals surface area contributed by atoms with Gasteiger partial charge in [-0.2, -0.15) is 18.2 Å². The minimum atomic E-state index is -4.50. The Balaban J connectivity index is 2.06. The lowest BCUT2D eigenvalue weighted by Crippen LogP contribution is -2.22. The fraction of sp³-hybridized carbons (Fsp3) is 0.312. The third kappa shape index (κ3) is 5.88. The van der Waals surface area contributed by atoms with Crippen LogP contribution in [0, 0.1) is 6.92 Å². The van der Waals surface area contributed by atoms with Crippen LogP contribution in [0.25, 0.3) is 0 Å². The third-order valence-electron chi connectivity index (χ3n) is 3.11. The Bertz CT molecular complexity index is 781. The van der Waals surface area contributed by atoms with Crippen molar-refractivity contribution < 1.29 is 23.1 Å². The first-order valence-corrected chi connectivity index (χ1v) is 7.66. The van der Waals surface area contributed by atoms with E-state index in [0.29, 0.717) is 11.5 Å². The van der Waals surface area contributed by atoms with Gasteiger partial charge in [0.15, 0.2) is 0 Å². The van der Waals surface area contributed by atoms with Crippen LogP contribution in [0.15, 0.2) is 30.3 Å². The number of aliphatic hydroxyl groups excluding tert-OH is 1. The van der Waals surface area contributed by atoms with Crippen molar-refractivity contribution in [1.29, 1.82) is 0 Å². The topological polar surface area (TPSA) is 99.2 Å². The van der Waals surface area contributed by atoms with Gasteiger partial charge in [0.05, 0.1) is 11.7 Å². The van der Waals surface area contributed by atoms with Crippen molar-refractivity contribution in [3.8, 4) is 0 Å². The van der Waals surface area contributed by atoms with E-state index in [1.54, 1.807) is 19.9 Å². The monoisotopic (exact) mass is 369 g/mol. The maximum atomic E-state index is 12.7. The van der Waals surface area contributed by atoms with Crippen LogP contribution in [0.5, 0.6) is 0 Å². The number of benzene rings is 1. The summed E-state index contributed by atoms with van der Waals surface area (Å²) in [5.41, 5.74) is -0.327. The minimum Gasteiger partial charge on any atom is -0.392 e. The van der Waals surface area contributed by atoms with E-state index in [4.69, 9.17) is 0 Å². The Labute approximate surface area is 147 Å². The molecule has 4 N–H and O–H groups in total. The molecular weight excluding hydrogens is 351 g/mol. The number of carbonyl (C=O) groups excluding carboxylic acids is 1. The van der Waals surface area contributed by atoms with E-state index in [2.05, 4.69) is 25.9 Å². The number of halogens is 3. The van der Waals surface area contributed by atoms with E-state index < -0.39 is 23.9 Å². The Hall–Kier alpha value is -2.88. The molecule has 1 aromatic heterocycles. The van der Waals surface area contributed by atoms with Gasteiger partial charge in [0.2, 0.25) is 5.95 Å². The molecule has 0 fully saturated rings. The lowest BCUT2D eigenvalue weighted by Gasteiger charge is -2.12. The Kier molecular flexibility index (Phi) is 5.98. The lowest BCUT2D eigenvalue weighted by molar-refractivity contribution is -0.137. The summed E-state index contributed by atoms with van der Waals surface area (Å²) in [6.45, 7) is 3.54. The number of hydrogen-bond acceptors (Lipinski definition) is 5. The zero-order valence-electron chi connectivity index (χ0n) is 14.1. The number of hydrogen-bond donors (Lipinski definition) is 4. The molecule has 0 aliphatic carbocycles. The van der Waals surface area contributed by atoms with Crippen LogP contribution in [-0.4, -0.2) is 33.8 Å². The Morgan fingerprint density at radius 1 is 1.23 bits per heavy atom. The van der Waals surface area contributed by atoms with Crippen LogP contribution < -0.4 is 16.0 Å². The van der Waals surface area contributed by atoms with Crippen LogP contribution in [0.2, 0.25) is 0 Å². The number of urea groups is 1. The van der Waals surface area contributed by atoms with E-state index >= 15 is 0 Å². The quantitative estimate of drug-likeness (QED) is 0.649. The highest BCUT2D eigenvalue weighted by Gasteiger charge is 2.30. The molecular formula is C16H18F3N5O2. The summed E-state index contributed by atoms with van der Waals surface area (Å²) in [7, 11) is 0. The van der Waals surface area contributed by atoms with Gasteiger partial charge in [0.25, 0.3) is 0 Å². The zero-order valence-corrected chi connectivity index (χ0v) is 14.1. The third-order valence-corrected chi connectivity index (χ3v) is 3.11. The highest BCUT2D eigenvalue weighted by atomic mass is 19.4. The number of alkyl halides is 3. The second-order valence-corrected chi connectivity index (χ2v) is 5.61. The van der Waals surface area contributed by atoms with E-state index in [1.165, 1.54) is 12.1 Å². The van der Waals surface area contributed by atoms with E-state index in [-0.39, 0.29) is 18.2 Å². The van der Waals surface area contributed by atoms with Crippen LogP contribution in [0.3, 0.4) is 0 Å². The molecule has 1 aromatic carbocycles. The minimum absolute atomic E-state index is 0.0163. The molecule has 1 unspecified atom stereocenters. The second-order valence-electron chi connectivity index (χ2n) is 5.61. The summed E-state index contributed by atoms with van der Waals surface area (Å²) >= 11 is 0. The highest BCUT2D eigenvalue weighted by molar-refractivity contribution is 5.98. The van der Waals surface area contributed by atoms with Crippen LogP contribution in [-0.2, 0) is 6.18 Å². The number of anilines is 3. The van der Waals surface area contributed by atoms with Gasteiger partial charge in [0, 0.05) is 24.0 Å². The maximum absolute atomic E-state index is 12.7. The van der Waals surface area contributed by atoms with Gasteiger partial charge in [-0.15, -0.1) is 0 Å². The highest BCUT2D eigenvalue weighted by Crippen LogP contribution is 2.30. The van der Waals surface area contributed by atoms with E-state index in [0.717, 1.165) is 12.1 Å². The molecule has 0 bridgehead atoms. The first-order chi connectivity index (χ1) is 12.1. The smallest absolute Gasteiger partial charge is 0.392 e. The summed E-state index contributed by atoms with van der Waals surface area (Å²) in [6, 6.07) is 5.11. The average Bonchev–Trinajstić information content (AvgIpc) is 2.51. The SMILES string of the molecule is Cc1cc(NCC(C)O)nc(NC(=O)Nc2cccc(C(F)(F)F)c2)n1. The van der Waals surface area contributed by atoms with Gasteiger partial charge < -0.3 is 15.7 Å². The molecule has 2 amide bonds. The number of nitrogens with one attached hydrogen (secondary N) is 3. The molecule has 26 heavy (non-hydrogen) atoms. The molecule has 0 aliphatic heterocycles. The van der Waals surface area contributed by atoms with Crippen LogP contribution >= 0.6 is 0 Å². The standard InChI is InChI=1S/C16H18F3N5O2/c1-9-6-13(20-8-10(2)25)23-14(21-9)24-15(26)22-12-5-3-4-11(7-12)16(17,18)19/h3-7,10,25H,8H2,1-2H3,(H3,20,21,22,23,24,26). The van der Waals surface area contributed by atoms with Crippen LogP contribution in [0.4, 0.5) is 35.4 Å². The predicted octanol–water partition coefficient (Wildman–Crippen LogP) is 3.24. The zero-order chi connectivity index (χ0) is 19.3. The van der Waals surface area contributed by atoms with Crippen molar-refractivity contribution >= 4 is 23.5 Å². The summed E-state index contributed by atoms with van der Waals surface area (Å²) in [4.78, 5) is 20.1. The van der Waals surface area contributed by atoms with Gasteiger partial charge >= 0.3 is 12.2 Å². The number of carbonyl (C=O) groups is 1. The number of aromatic nitrogens is 2. The summed E-state index contributed by atoms with van der Waals surface area (Å²) in [5, 5.41) is 16.8. The van der Waals surface area contributed by atoms with Gasteiger partial charge in [-0.1, -0.05) is 6.07 Å². The molecule has 2 aromatic rings. The molecule has 0 saturated carbocycles. The molecule has 2 rings (SSSR count). The number of rotatable bonds is 5. The maximum Gasteiger partial charge on any atom is 0.416 e. The van der Waals surface area contributed by atoms with Crippen molar-refractivity contribution in [3.05, 3.63) is 41.6 Å². The number of aryl methyl sites for hydroxylation is 1. The van der Waals surface area contributed by atoms with Crippen molar-refractivity contribution in [2.75, 3.05) is 22.5 Å². The van der Waals surface area contributed by atoms with Gasteiger partial charge in [0.1, 0.15) is 5.82 Å². The van der Waals surface area contributed by atoms with Crippen molar-refractivity contribution in [2.24, 2.45) is 0 Å². The molecule has 140 valence electrons.